The molecule has 1 atom stereocenters. The van der Waals surface area contributed by atoms with Crippen molar-refractivity contribution >= 4 is 17.2 Å². The zero-order valence-electron chi connectivity index (χ0n) is 13.5. The second-order valence-electron chi connectivity index (χ2n) is 6.72. The first-order chi connectivity index (χ1) is 10.7. The smallest absolute Gasteiger partial charge is 0.236 e. The van der Waals surface area contributed by atoms with E-state index in [1.165, 1.54) is 17.7 Å². The van der Waals surface area contributed by atoms with E-state index in [4.69, 9.17) is 0 Å². The van der Waals surface area contributed by atoms with Crippen molar-refractivity contribution in [1.29, 1.82) is 0 Å². The predicted molar refractivity (Wildman–Crippen MR) is 91.0 cm³/mol. The van der Waals surface area contributed by atoms with Crippen LogP contribution in [0.4, 0.5) is 0 Å². The minimum atomic E-state index is 0.332. The van der Waals surface area contributed by atoms with Gasteiger partial charge in [0.05, 0.1) is 6.54 Å². The van der Waals surface area contributed by atoms with Crippen molar-refractivity contribution in [2.24, 2.45) is 5.92 Å². The molecule has 2 aliphatic heterocycles. The molecule has 0 bridgehead atoms. The van der Waals surface area contributed by atoms with Crippen LogP contribution < -0.4 is 0 Å². The minimum absolute atomic E-state index is 0.332. The quantitative estimate of drug-likeness (QED) is 0.850. The molecule has 0 radical (unpaired) electrons. The first-order valence-electron chi connectivity index (χ1n) is 8.45. The molecule has 0 aromatic carbocycles. The second kappa shape index (κ2) is 7.57. The summed E-state index contributed by atoms with van der Waals surface area (Å²) < 4.78 is 0. The van der Waals surface area contributed by atoms with Crippen LogP contribution in [0.2, 0.25) is 0 Å². The molecule has 2 fully saturated rings. The van der Waals surface area contributed by atoms with Gasteiger partial charge in [0.2, 0.25) is 5.91 Å². The van der Waals surface area contributed by atoms with Crippen LogP contribution in [0.15, 0.2) is 17.5 Å². The average molecular weight is 321 g/mol. The van der Waals surface area contributed by atoms with Gasteiger partial charge in [-0.3, -0.25) is 14.6 Å². The average Bonchev–Trinajstić information content (AvgIpc) is 3.02. The lowest BCUT2D eigenvalue weighted by atomic mass is 10.0. The van der Waals surface area contributed by atoms with Gasteiger partial charge in [0.1, 0.15) is 0 Å². The molecule has 5 heteroatoms. The van der Waals surface area contributed by atoms with Crippen LogP contribution in [0.3, 0.4) is 0 Å². The van der Waals surface area contributed by atoms with Gasteiger partial charge in [-0.25, -0.2) is 0 Å². The number of amides is 1. The molecule has 3 heterocycles. The van der Waals surface area contributed by atoms with Crippen LogP contribution in [0.25, 0.3) is 0 Å². The molecule has 2 saturated heterocycles. The number of carbonyl (C=O) groups is 1. The van der Waals surface area contributed by atoms with Crippen LogP contribution in [0.5, 0.6) is 0 Å². The lowest BCUT2D eigenvalue weighted by molar-refractivity contribution is -0.134. The van der Waals surface area contributed by atoms with E-state index in [9.17, 15) is 4.79 Å². The number of likely N-dealkylation sites (tertiary alicyclic amines) is 1. The van der Waals surface area contributed by atoms with Gasteiger partial charge in [0.15, 0.2) is 0 Å². The highest BCUT2D eigenvalue weighted by Gasteiger charge is 2.24. The maximum atomic E-state index is 12.4. The summed E-state index contributed by atoms with van der Waals surface area (Å²) in [6.45, 7) is 10.0. The highest BCUT2D eigenvalue weighted by atomic mass is 32.1. The first kappa shape index (κ1) is 16.0. The van der Waals surface area contributed by atoms with Crippen molar-refractivity contribution in [3.8, 4) is 0 Å². The highest BCUT2D eigenvalue weighted by molar-refractivity contribution is 7.09. The van der Waals surface area contributed by atoms with E-state index in [0.717, 1.165) is 45.8 Å². The highest BCUT2D eigenvalue weighted by Crippen LogP contribution is 2.16. The zero-order chi connectivity index (χ0) is 15.4. The molecule has 2 aliphatic rings. The van der Waals surface area contributed by atoms with Gasteiger partial charge in [-0.2, -0.15) is 0 Å². The summed E-state index contributed by atoms with van der Waals surface area (Å²) >= 11 is 1.83. The predicted octanol–water partition coefficient (Wildman–Crippen LogP) is 2.12. The van der Waals surface area contributed by atoms with Crippen molar-refractivity contribution in [2.45, 2.75) is 26.3 Å². The second-order valence-corrected chi connectivity index (χ2v) is 7.75. The molecular formula is C17H27N3OS. The molecule has 4 nitrogen and oxygen atoms in total. The molecule has 3 rings (SSSR count). The van der Waals surface area contributed by atoms with Gasteiger partial charge < -0.3 is 4.90 Å². The molecular weight excluding hydrogens is 294 g/mol. The maximum absolute atomic E-state index is 12.4. The number of piperazine rings is 1. The lowest BCUT2D eigenvalue weighted by Gasteiger charge is -2.36. The van der Waals surface area contributed by atoms with E-state index in [0.29, 0.717) is 18.4 Å². The summed E-state index contributed by atoms with van der Waals surface area (Å²) in [6, 6.07) is 4.33. The number of nitrogens with zero attached hydrogens (tertiary/aromatic N) is 3. The molecule has 1 aromatic rings. The number of thiophene rings is 1. The van der Waals surface area contributed by atoms with Gasteiger partial charge in [0, 0.05) is 50.7 Å². The summed E-state index contributed by atoms with van der Waals surface area (Å²) in [6.07, 6.45) is 2.44. The Balaban J connectivity index is 1.40. The van der Waals surface area contributed by atoms with Gasteiger partial charge >= 0.3 is 0 Å². The van der Waals surface area contributed by atoms with Crippen molar-refractivity contribution in [2.75, 3.05) is 45.8 Å². The number of hydrogen-bond donors (Lipinski definition) is 0. The molecule has 1 amide bonds. The number of rotatable bonds is 4. The topological polar surface area (TPSA) is 26.8 Å². The largest absolute Gasteiger partial charge is 0.341 e. The molecule has 0 spiro atoms. The van der Waals surface area contributed by atoms with Gasteiger partial charge in [0.25, 0.3) is 0 Å². The Morgan fingerprint density at radius 3 is 2.68 bits per heavy atom. The first-order valence-corrected chi connectivity index (χ1v) is 9.33. The Morgan fingerprint density at radius 1 is 1.23 bits per heavy atom. The Morgan fingerprint density at radius 2 is 2.00 bits per heavy atom. The third-order valence-corrected chi connectivity index (χ3v) is 5.65. The Hall–Kier alpha value is -0.910. The van der Waals surface area contributed by atoms with Gasteiger partial charge in [-0.15, -0.1) is 11.3 Å². The Labute approximate surface area is 137 Å². The SMILES string of the molecule is CC1CCCN(C(=O)CN2CCN(Cc3cccs3)CC2)C1. The summed E-state index contributed by atoms with van der Waals surface area (Å²) in [5.41, 5.74) is 0. The van der Waals surface area contributed by atoms with E-state index < -0.39 is 0 Å². The fourth-order valence-corrected chi connectivity index (χ4v) is 4.18. The van der Waals surface area contributed by atoms with Crippen LogP contribution in [-0.2, 0) is 11.3 Å². The summed E-state index contributed by atoms with van der Waals surface area (Å²) in [4.78, 5) is 20.8. The maximum Gasteiger partial charge on any atom is 0.236 e. The van der Waals surface area contributed by atoms with Gasteiger partial charge in [-0.1, -0.05) is 13.0 Å². The van der Waals surface area contributed by atoms with Gasteiger partial charge in [-0.05, 0) is 30.2 Å². The fraction of sp³-hybridized carbons (Fsp3) is 0.706. The van der Waals surface area contributed by atoms with Crippen molar-refractivity contribution in [3.63, 3.8) is 0 Å². The Bertz CT molecular complexity index is 468. The lowest BCUT2D eigenvalue weighted by Crippen LogP contribution is -2.50. The molecule has 0 saturated carbocycles. The molecule has 122 valence electrons. The van der Waals surface area contributed by atoms with Crippen molar-refractivity contribution < 1.29 is 4.79 Å². The van der Waals surface area contributed by atoms with E-state index in [2.05, 4.69) is 39.1 Å². The van der Waals surface area contributed by atoms with E-state index in [-0.39, 0.29) is 0 Å². The summed E-state index contributed by atoms with van der Waals surface area (Å²) in [5.74, 6) is 0.999. The van der Waals surface area contributed by atoms with Crippen LogP contribution in [-0.4, -0.2) is 66.4 Å². The third kappa shape index (κ3) is 4.31. The number of carbonyl (C=O) groups excluding carboxylic acids is 1. The molecule has 0 N–H and O–H groups in total. The zero-order valence-corrected chi connectivity index (χ0v) is 14.4. The number of piperidine rings is 1. The third-order valence-electron chi connectivity index (χ3n) is 4.79. The van der Waals surface area contributed by atoms with Crippen LogP contribution in [0.1, 0.15) is 24.6 Å². The van der Waals surface area contributed by atoms with Crippen molar-refractivity contribution in [1.82, 2.24) is 14.7 Å². The van der Waals surface area contributed by atoms with Crippen molar-refractivity contribution in [3.05, 3.63) is 22.4 Å². The molecule has 0 aliphatic carbocycles. The van der Waals surface area contributed by atoms with Crippen LogP contribution >= 0.6 is 11.3 Å². The standard InChI is InChI=1S/C17H27N3OS/c1-15-4-2-6-20(12-15)17(21)14-19-9-7-18(8-10-19)13-16-5-3-11-22-16/h3,5,11,15H,2,4,6-10,12-14H2,1H3. The number of hydrogen-bond acceptors (Lipinski definition) is 4. The monoisotopic (exact) mass is 321 g/mol. The molecule has 1 aromatic heterocycles. The summed E-state index contributed by atoms with van der Waals surface area (Å²) in [5, 5.41) is 2.14. The van der Waals surface area contributed by atoms with Crippen LogP contribution in [0, 0.1) is 5.92 Å². The van der Waals surface area contributed by atoms with E-state index >= 15 is 0 Å². The van der Waals surface area contributed by atoms with E-state index in [1.807, 2.05) is 11.3 Å². The van der Waals surface area contributed by atoms with E-state index in [1.54, 1.807) is 0 Å². The molecule has 1 unspecified atom stereocenters. The fourth-order valence-electron chi connectivity index (χ4n) is 3.44. The normalized spacial score (nSPS) is 24.6. The molecule has 22 heavy (non-hydrogen) atoms. The Kier molecular flexibility index (Phi) is 5.50. The summed E-state index contributed by atoms with van der Waals surface area (Å²) in [7, 11) is 0. The minimum Gasteiger partial charge on any atom is -0.341 e.